The van der Waals surface area contributed by atoms with Gasteiger partial charge in [0.15, 0.2) is 0 Å². The number of aromatic nitrogens is 4. The van der Waals surface area contributed by atoms with Crippen LogP contribution in [0.4, 0.5) is 0 Å². The molecule has 11 aromatic rings. The molecule has 0 bridgehead atoms. The normalized spacial score (nSPS) is 11.9. The highest BCUT2D eigenvalue weighted by atomic mass is 15.2. The number of fused-ring (bicyclic) bond motifs is 9. The van der Waals surface area contributed by atoms with Crippen molar-refractivity contribution in [3.05, 3.63) is 181 Å². The quantitative estimate of drug-likeness (QED) is 0.186. The molecule has 0 fully saturated rings. The van der Waals surface area contributed by atoms with Crippen LogP contribution in [0, 0.1) is 6.92 Å². The van der Waals surface area contributed by atoms with Crippen molar-refractivity contribution in [1.82, 2.24) is 19.1 Å². The molecule has 4 heteroatoms. The van der Waals surface area contributed by atoms with E-state index in [0.29, 0.717) is 5.95 Å². The zero-order valence-electron chi connectivity index (χ0n) is 29.0. The van der Waals surface area contributed by atoms with E-state index in [0.717, 1.165) is 38.9 Å². The van der Waals surface area contributed by atoms with Crippen molar-refractivity contribution in [3.63, 3.8) is 0 Å². The molecule has 0 amide bonds. The van der Waals surface area contributed by atoms with Gasteiger partial charge in [0.1, 0.15) is 0 Å². The smallest absolute Gasteiger partial charge is 0.235 e. The van der Waals surface area contributed by atoms with E-state index in [4.69, 9.17) is 9.97 Å². The fourth-order valence-electron chi connectivity index (χ4n) is 8.28. The molecule has 0 spiro atoms. The topological polar surface area (TPSA) is 35.6 Å². The van der Waals surface area contributed by atoms with Gasteiger partial charge in [0, 0.05) is 38.2 Å². The molecule has 4 nitrogen and oxygen atoms in total. The van der Waals surface area contributed by atoms with Crippen LogP contribution in [0.1, 0.15) is 5.56 Å². The van der Waals surface area contributed by atoms with Crippen molar-refractivity contribution < 1.29 is 0 Å². The van der Waals surface area contributed by atoms with Crippen molar-refractivity contribution >= 4 is 65.3 Å². The molecular formula is C49H32N4. The zero-order chi connectivity index (χ0) is 35.0. The minimum atomic E-state index is 0.660. The van der Waals surface area contributed by atoms with Crippen LogP contribution in [0.3, 0.4) is 0 Å². The van der Waals surface area contributed by atoms with E-state index >= 15 is 0 Å². The van der Waals surface area contributed by atoms with Crippen LogP contribution in [0.5, 0.6) is 0 Å². The molecule has 53 heavy (non-hydrogen) atoms. The lowest BCUT2D eigenvalue weighted by atomic mass is 10.0. The van der Waals surface area contributed by atoms with Crippen molar-refractivity contribution in [1.29, 1.82) is 0 Å². The number of hydrogen-bond acceptors (Lipinski definition) is 2. The average Bonchev–Trinajstić information content (AvgIpc) is 3.73. The molecule has 0 aliphatic rings. The highest BCUT2D eigenvalue weighted by Crippen LogP contribution is 2.42. The monoisotopic (exact) mass is 676 g/mol. The van der Waals surface area contributed by atoms with Crippen LogP contribution in [-0.2, 0) is 0 Å². The van der Waals surface area contributed by atoms with E-state index in [-0.39, 0.29) is 0 Å². The Morgan fingerprint density at radius 3 is 1.66 bits per heavy atom. The Morgan fingerprint density at radius 2 is 0.943 bits per heavy atom. The van der Waals surface area contributed by atoms with Crippen molar-refractivity contribution in [2.75, 3.05) is 0 Å². The molecule has 248 valence electrons. The molecule has 8 aromatic carbocycles. The third kappa shape index (κ3) is 4.56. The van der Waals surface area contributed by atoms with Crippen LogP contribution in [0.15, 0.2) is 176 Å². The number of hydrogen-bond donors (Lipinski definition) is 0. The predicted octanol–water partition coefficient (Wildman–Crippen LogP) is 12.6. The molecule has 0 radical (unpaired) electrons. The van der Waals surface area contributed by atoms with Gasteiger partial charge in [-0.3, -0.25) is 4.57 Å². The number of aryl methyl sites for hydroxylation is 1. The molecule has 0 atom stereocenters. The summed E-state index contributed by atoms with van der Waals surface area (Å²) in [6.07, 6.45) is 0. The second kappa shape index (κ2) is 11.5. The number of nitrogens with zero attached hydrogens (tertiary/aromatic N) is 4. The van der Waals surface area contributed by atoms with Gasteiger partial charge in [0.25, 0.3) is 0 Å². The maximum Gasteiger partial charge on any atom is 0.235 e. The fraction of sp³-hybridized carbons (Fsp3) is 0.0204. The molecule has 0 N–H and O–H groups in total. The van der Waals surface area contributed by atoms with Crippen LogP contribution in [-0.4, -0.2) is 19.1 Å². The molecule has 0 unspecified atom stereocenters. The Kier molecular flexibility index (Phi) is 6.43. The first-order valence-corrected chi connectivity index (χ1v) is 18.1. The van der Waals surface area contributed by atoms with E-state index in [1.54, 1.807) is 0 Å². The van der Waals surface area contributed by atoms with E-state index in [9.17, 15) is 0 Å². The first kappa shape index (κ1) is 29.7. The average molecular weight is 677 g/mol. The van der Waals surface area contributed by atoms with Gasteiger partial charge in [0.05, 0.1) is 33.3 Å². The highest BCUT2D eigenvalue weighted by molar-refractivity contribution is 6.28. The van der Waals surface area contributed by atoms with E-state index in [1.807, 2.05) is 0 Å². The maximum atomic E-state index is 5.40. The van der Waals surface area contributed by atoms with Gasteiger partial charge < -0.3 is 4.57 Å². The Hall–Kier alpha value is -7.04. The number of benzene rings is 8. The van der Waals surface area contributed by atoms with Crippen molar-refractivity contribution in [2.45, 2.75) is 6.92 Å². The third-order valence-electron chi connectivity index (χ3n) is 10.8. The molecule has 0 aliphatic heterocycles. The van der Waals surface area contributed by atoms with Crippen LogP contribution >= 0.6 is 0 Å². The summed E-state index contributed by atoms with van der Waals surface area (Å²) in [4.78, 5) is 10.6. The summed E-state index contributed by atoms with van der Waals surface area (Å²) in [5.74, 6) is 0.660. The maximum absolute atomic E-state index is 5.40. The summed E-state index contributed by atoms with van der Waals surface area (Å²) >= 11 is 0. The summed E-state index contributed by atoms with van der Waals surface area (Å²) in [6, 6.07) is 63.1. The molecule has 0 aliphatic carbocycles. The lowest BCUT2D eigenvalue weighted by Crippen LogP contribution is -2.03. The summed E-state index contributed by atoms with van der Waals surface area (Å²) < 4.78 is 4.66. The second-order valence-corrected chi connectivity index (χ2v) is 13.9. The SMILES string of the molecule is Cc1ccc(-c2ccc(-n3c4ccccc4c4c5c6ccccc6n(-c6nc(-c7ccc8ccccc8c7)c7ccccc7n6)c5ccc43)cc2)cc1. The first-order valence-electron chi connectivity index (χ1n) is 18.1. The Bertz CT molecular complexity index is 3220. The van der Waals surface area contributed by atoms with E-state index < -0.39 is 0 Å². The first-order chi connectivity index (χ1) is 26.2. The third-order valence-corrected chi connectivity index (χ3v) is 10.8. The number of para-hydroxylation sites is 3. The second-order valence-electron chi connectivity index (χ2n) is 13.9. The zero-order valence-corrected chi connectivity index (χ0v) is 29.0. The lowest BCUT2D eigenvalue weighted by Gasteiger charge is -2.12. The molecule has 11 rings (SSSR count). The van der Waals surface area contributed by atoms with Crippen LogP contribution < -0.4 is 0 Å². The summed E-state index contributed by atoms with van der Waals surface area (Å²) in [6.45, 7) is 2.13. The summed E-state index contributed by atoms with van der Waals surface area (Å²) in [5.41, 5.74) is 12.2. The molecule has 0 saturated heterocycles. The molecular weight excluding hydrogens is 645 g/mol. The van der Waals surface area contributed by atoms with Crippen molar-refractivity contribution in [2.24, 2.45) is 0 Å². The van der Waals surface area contributed by atoms with Gasteiger partial charge in [-0.1, -0.05) is 133 Å². The number of rotatable bonds is 4. The Labute approximate surface area is 305 Å². The largest absolute Gasteiger partial charge is 0.309 e. The van der Waals surface area contributed by atoms with Gasteiger partial charge in [-0.05, 0) is 77.4 Å². The predicted molar refractivity (Wildman–Crippen MR) is 221 cm³/mol. The van der Waals surface area contributed by atoms with Crippen LogP contribution in [0.2, 0.25) is 0 Å². The molecule has 3 aromatic heterocycles. The van der Waals surface area contributed by atoms with Gasteiger partial charge in [-0.25, -0.2) is 9.97 Å². The van der Waals surface area contributed by atoms with Gasteiger partial charge in [-0.15, -0.1) is 0 Å². The fourth-order valence-corrected chi connectivity index (χ4v) is 8.28. The lowest BCUT2D eigenvalue weighted by molar-refractivity contribution is 1.01. The highest BCUT2D eigenvalue weighted by Gasteiger charge is 2.22. The van der Waals surface area contributed by atoms with Crippen molar-refractivity contribution in [3.8, 4) is 34.0 Å². The van der Waals surface area contributed by atoms with E-state index in [2.05, 4.69) is 192 Å². The molecule has 0 saturated carbocycles. The van der Waals surface area contributed by atoms with Gasteiger partial charge in [0.2, 0.25) is 5.95 Å². The van der Waals surface area contributed by atoms with Crippen LogP contribution in [0.25, 0.3) is 99.3 Å². The Balaban J connectivity index is 1.17. The van der Waals surface area contributed by atoms with Gasteiger partial charge >= 0.3 is 0 Å². The Morgan fingerprint density at radius 1 is 0.396 bits per heavy atom. The van der Waals surface area contributed by atoms with E-state index in [1.165, 1.54) is 60.0 Å². The molecule has 3 heterocycles. The summed E-state index contributed by atoms with van der Waals surface area (Å²) in [7, 11) is 0. The standard InChI is InChI=1S/C49H32N4/c1-31-18-20-33(21-19-31)34-24-26-37(27-25-34)52-42-16-8-5-13-39(42)46-44(52)28-29-45-47(46)40-14-6-9-17-43(40)53(45)49-50-41-15-7-4-12-38(41)48(51-49)36-23-22-32-10-2-3-11-35(32)30-36/h2-30H,1H3. The summed E-state index contributed by atoms with van der Waals surface area (Å²) in [5, 5.41) is 8.26. The minimum Gasteiger partial charge on any atom is -0.309 e. The van der Waals surface area contributed by atoms with Gasteiger partial charge in [-0.2, -0.15) is 0 Å². The minimum absolute atomic E-state index is 0.660.